The molecule has 4 aromatic carbocycles. The van der Waals surface area contributed by atoms with Crippen LogP contribution in [0.1, 0.15) is 25.0 Å². The van der Waals surface area contributed by atoms with Crippen molar-refractivity contribution in [2.45, 2.75) is 38.9 Å². The largest absolute Gasteiger partial charge is 0.355 e. The number of rotatable bonds is 3. The van der Waals surface area contributed by atoms with Gasteiger partial charge in [0, 0.05) is 22.2 Å². The van der Waals surface area contributed by atoms with Gasteiger partial charge >= 0.3 is 0 Å². The first kappa shape index (κ1) is 19.1. The van der Waals surface area contributed by atoms with Crippen molar-refractivity contribution in [3.8, 4) is 11.1 Å². The Kier molecular flexibility index (Phi) is 4.20. The Morgan fingerprint density at radius 3 is 2.03 bits per heavy atom. The average Bonchev–Trinajstić information content (AvgIpc) is 2.95. The lowest BCUT2D eigenvalue weighted by molar-refractivity contribution is 0.661. The molecule has 2 heteroatoms. The third kappa shape index (κ3) is 2.90. The monoisotopic (exact) mass is 407 g/mol. The molecule has 0 atom stereocenters. The minimum Gasteiger partial charge on any atom is -0.355 e. The summed E-state index contributed by atoms with van der Waals surface area (Å²) < 4.78 is 0. The Bertz CT molecular complexity index is 1260. The molecule has 0 spiro atoms. The summed E-state index contributed by atoms with van der Waals surface area (Å²) in [6.45, 7) is 11.9. The highest BCUT2D eigenvalue weighted by atomic mass is 28.3. The topological polar surface area (TPSA) is 12.0 Å². The first-order valence-electron chi connectivity index (χ1n) is 10.8. The van der Waals surface area contributed by atoms with Crippen molar-refractivity contribution in [3.63, 3.8) is 0 Å². The summed E-state index contributed by atoms with van der Waals surface area (Å²) in [6.07, 6.45) is 0. The van der Waals surface area contributed by atoms with Gasteiger partial charge in [0.15, 0.2) is 0 Å². The van der Waals surface area contributed by atoms with Crippen molar-refractivity contribution in [1.29, 1.82) is 0 Å². The van der Waals surface area contributed by atoms with Crippen molar-refractivity contribution in [2.24, 2.45) is 0 Å². The van der Waals surface area contributed by atoms with Crippen LogP contribution in [-0.2, 0) is 5.41 Å². The predicted octanol–water partition coefficient (Wildman–Crippen LogP) is 7.43. The lowest BCUT2D eigenvalue weighted by Crippen LogP contribution is -2.37. The van der Waals surface area contributed by atoms with Gasteiger partial charge in [-0.1, -0.05) is 99.3 Å². The maximum absolute atomic E-state index is 3.74. The molecule has 0 unspecified atom stereocenters. The Labute approximate surface area is 180 Å². The Balaban J connectivity index is 1.67. The second-order valence-corrected chi connectivity index (χ2v) is 15.1. The molecule has 150 valence electrons. The Morgan fingerprint density at radius 1 is 0.700 bits per heavy atom. The summed E-state index contributed by atoms with van der Waals surface area (Å²) in [5, 5.41) is 7.83. The first-order valence-corrected chi connectivity index (χ1v) is 14.3. The van der Waals surface area contributed by atoms with Gasteiger partial charge in [-0.3, -0.25) is 0 Å². The molecule has 0 amide bonds. The Morgan fingerprint density at radius 2 is 1.33 bits per heavy atom. The van der Waals surface area contributed by atoms with E-state index >= 15 is 0 Å². The van der Waals surface area contributed by atoms with Gasteiger partial charge < -0.3 is 5.32 Å². The summed E-state index contributed by atoms with van der Waals surface area (Å²) in [5.41, 5.74) is 7.92. The quantitative estimate of drug-likeness (QED) is 0.348. The van der Waals surface area contributed by atoms with Gasteiger partial charge in [-0.2, -0.15) is 0 Å². The van der Waals surface area contributed by atoms with Crippen LogP contribution < -0.4 is 10.5 Å². The van der Waals surface area contributed by atoms with Gasteiger partial charge in [0.2, 0.25) is 0 Å². The van der Waals surface area contributed by atoms with Gasteiger partial charge in [-0.15, -0.1) is 0 Å². The summed E-state index contributed by atoms with van der Waals surface area (Å²) >= 11 is 0. The molecule has 1 aliphatic carbocycles. The van der Waals surface area contributed by atoms with Gasteiger partial charge in [0.25, 0.3) is 0 Å². The van der Waals surface area contributed by atoms with Crippen LogP contribution in [0.2, 0.25) is 19.6 Å². The zero-order valence-electron chi connectivity index (χ0n) is 18.5. The molecule has 0 heterocycles. The van der Waals surface area contributed by atoms with Crippen molar-refractivity contribution >= 4 is 35.4 Å². The van der Waals surface area contributed by atoms with Gasteiger partial charge in [-0.05, 0) is 45.8 Å². The highest BCUT2D eigenvalue weighted by Crippen LogP contribution is 2.52. The van der Waals surface area contributed by atoms with Crippen molar-refractivity contribution < 1.29 is 0 Å². The maximum Gasteiger partial charge on any atom is 0.0775 e. The molecule has 4 aromatic rings. The number of hydrogen-bond acceptors (Lipinski definition) is 1. The zero-order chi connectivity index (χ0) is 21.1. The number of fused-ring (bicyclic) bond motifs is 5. The van der Waals surface area contributed by atoms with E-state index in [1.165, 1.54) is 43.9 Å². The summed E-state index contributed by atoms with van der Waals surface area (Å²) in [7, 11) is -1.29. The minimum absolute atomic E-state index is 0.00587. The second kappa shape index (κ2) is 6.58. The third-order valence-electron chi connectivity index (χ3n) is 6.62. The highest BCUT2D eigenvalue weighted by Gasteiger charge is 2.36. The predicted molar refractivity (Wildman–Crippen MR) is 134 cm³/mol. The van der Waals surface area contributed by atoms with E-state index in [2.05, 4.69) is 118 Å². The summed E-state index contributed by atoms with van der Waals surface area (Å²) in [5.74, 6) is 0. The molecular formula is C28H29NSi. The maximum atomic E-state index is 3.74. The zero-order valence-corrected chi connectivity index (χ0v) is 19.5. The standard InChI is InChI=1S/C28H29NSi/c1-28(2)24-13-9-8-12-23(24)27-22-11-7-6-10-21(22)26(18-25(27)28)29-19-14-16-20(17-15-19)30(3,4)5/h6-18,29H,1-5H3. The van der Waals surface area contributed by atoms with E-state index in [0.29, 0.717) is 0 Å². The van der Waals surface area contributed by atoms with Crippen LogP contribution in [0.25, 0.3) is 21.9 Å². The van der Waals surface area contributed by atoms with Crippen LogP contribution in [0.5, 0.6) is 0 Å². The van der Waals surface area contributed by atoms with Crippen LogP contribution in [0.3, 0.4) is 0 Å². The average molecular weight is 408 g/mol. The van der Waals surface area contributed by atoms with Crippen LogP contribution in [0.4, 0.5) is 11.4 Å². The number of benzene rings is 4. The minimum atomic E-state index is -1.29. The fourth-order valence-corrected chi connectivity index (χ4v) is 6.03. The lowest BCUT2D eigenvalue weighted by Gasteiger charge is -2.23. The fourth-order valence-electron chi connectivity index (χ4n) is 4.86. The normalized spacial score (nSPS) is 14.4. The molecule has 0 aromatic heterocycles. The van der Waals surface area contributed by atoms with Crippen molar-refractivity contribution in [1.82, 2.24) is 0 Å². The number of hydrogen-bond donors (Lipinski definition) is 1. The lowest BCUT2D eigenvalue weighted by atomic mass is 9.81. The van der Waals surface area contributed by atoms with Crippen LogP contribution in [0.15, 0.2) is 78.9 Å². The molecule has 0 saturated heterocycles. The second-order valence-electron chi connectivity index (χ2n) is 10.0. The smallest absolute Gasteiger partial charge is 0.0775 e. The molecule has 30 heavy (non-hydrogen) atoms. The number of anilines is 2. The molecule has 1 aliphatic rings. The third-order valence-corrected chi connectivity index (χ3v) is 8.68. The Hall–Kier alpha value is -2.84. The van der Waals surface area contributed by atoms with E-state index < -0.39 is 8.07 Å². The molecule has 0 bridgehead atoms. The van der Waals surface area contributed by atoms with E-state index in [0.717, 1.165) is 5.69 Å². The van der Waals surface area contributed by atoms with Crippen LogP contribution in [-0.4, -0.2) is 8.07 Å². The first-order chi connectivity index (χ1) is 14.3. The highest BCUT2D eigenvalue weighted by molar-refractivity contribution is 6.88. The number of nitrogens with one attached hydrogen (secondary N) is 1. The van der Waals surface area contributed by atoms with E-state index in [4.69, 9.17) is 0 Å². The van der Waals surface area contributed by atoms with Crippen LogP contribution in [0, 0.1) is 0 Å². The molecule has 0 aliphatic heterocycles. The van der Waals surface area contributed by atoms with E-state index in [9.17, 15) is 0 Å². The molecular weight excluding hydrogens is 378 g/mol. The molecule has 1 N–H and O–H groups in total. The molecule has 5 rings (SSSR count). The van der Waals surface area contributed by atoms with E-state index in [-0.39, 0.29) is 5.41 Å². The van der Waals surface area contributed by atoms with Gasteiger partial charge in [0.1, 0.15) is 0 Å². The van der Waals surface area contributed by atoms with Gasteiger partial charge in [0.05, 0.1) is 8.07 Å². The molecule has 0 radical (unpaired) electrons. The SMILES string of the molecule is CC1(C)c2ccccc2-c2c1cc(Nc1ccc([Si](C)(C)C)cc1)c1ccccc21. The van der Waals surface area contributed by atoms with E-state index in [1.807, 2.05) is 0 Å². The van der Waals surface area contributed by atoms with Crippen LogP contribution >= 0.6 is 0 Å². The van der Waals surface area contributed by atoms with Crippen molar-refractivity contribution in [3.05, 3.63) is 90.0 Å². The summed E-state index contributed by atoms with van der Waals surface area (Å²) in [6, 6.07) is 29.1. The van der Waals surface area contributed by atoms with Gasteiger partial charge in [-0.25, -0.2) is 0 Å². The fraction of sp³-hybridized carbons (Fsp3) is 0.214. The van der Waals surface area contributed by atoms with Crippen molar-refractivity contribution in [2.75, 3.05) is 5.32 Å². The molecule has 1 nitrogen and oxygen atoms in total. The molecule has 0 fully saturated rings. The van der Waals surface area contributed by atoms with E-state index in [1.54, 1.807) is 0 Å². The molecule has 0 saturated carbocycles. The summed E-state index contributed by atoms with van der Waals surface area (Å²) in [4.78, 5) is 0.